The average Bonchev–Trinajstić information content (AvgIpc) is 2.74. The van der Waals surface area contributed by atoms with Gasteiger partial charge in [-0.25, -0.2) is 0 Å². The lowest BCUT2D eigenvalue weighted by molar-refractivity contribution is 0.171. The van der Waals surface area contributed by atoms with Crippen molar-refractivity contribution in [1.29, 1.82) is 0 Å². The first kappa shape index (κ1) is 17.9. The van der Waals surface area contributed by atoms with E-state index in [4.69, 9.17) is 5.73 Å². The molecule has 0 saturated carbocycles. The summed E-state index contributed by atoms with van der Waals surface area (Å²) in [5.74, 6) is 0. The van der Waals surface area contributed by atoms with Crippen molar-refractivity contribution in [3.63, 3.8) is 0 Å². The topological polar surface area (TPSA) is 66.6 Å². The number of rotatable bonds is 7. The fourth-order valence-corrected chi connectivity index (χ4v) is 5.30. The van der Waals surface area contributed by atoms with E-state index in [1.165, 1.54) is 0 Å². The molecule has 1 rings (SSSR count). The number of hydrogen-bond acceptors (Lipinski definition) is 3. The third-order valence-corrected chi connectivity index (χ3v) is 6.90. The van der Waals surface area contributed by atoms with Crippen molar-refractivity contribution < 1.29 is 8.42 Å². The van der Waals surface area contributed by atoms with E-state index < -0.39 is 15.7 Å². The molecule has 5 nitrogen and oxygen atoms in total. The zero-order valence-electron chi connectivity index (χ0n) is 13.3. The Bertz CT molecular complexity index is 364. The van der Waals surface area contributed by atoms with Crippen molar-refractivity contribution >= 4 is 10.2 Å². The molecule has 0 unspecified atom stereocenters. The van der Waals surface area contributed by atoms with Crippen LogP contribution in [0.4, 0.5) is 0 Å². The van der Waals surface area contributed by atoms with Gasteiger partial charge in [0, 0.05) is 31.7 Å². The zero-order valence-corrected chi connectivity index (χ0v) is 14.1. The highest BCUT2D eigenvalue weighted by Crippen LogP contribution is 2.28. The lowest BCUT2D eigenvalue weighted by atomic mass is 9.93. The molecule has 0 aromatic carbocycles. The molecule has 1 aliphatic heterocycles. The van der Waals surface area contributed by atoms with E-state index >= 15 is 0 Å². The molecule has 0 aromatic heterocycles. The average molecular weight is 305 g/mol. The number of likely N-dealkylation sites (N-methyl/N-ethyl adjacent to an activating group) is 1. The Morgan fingerprint density at radius 2 is 1.55 bits per heavy atom. The molecule has 0 atom stereocenters. The van der Waals surface area contributed by atoms with Crippen LogP contribution in [0.5, 0.6) is 0 Å². The minimum absolute atomic E-state index is 0.376. The van der Waals surface area contributed by atoms with Crippen molar-refractivity contribution in [3.05, 3.63) is 0 Å². The summed E-state index contributed by atoms with van der Waals surface area (Å²) < 4.78 is 29.3. The summed E-state index contributed by atoms with van der Waals surface area (Å²) >= 11 is 0. The summed E-state index contributed by atoms with van der Waals surface area (Å²) in [6, 6.07) is 0. The van der Waals surface area contributed by atoms with Gasteiger partial charge in [0.25, 0.3) is 10.2 Å². The molecule has 1 aliphatic rings. The first-order valence-electron chi connectivity index (χ1n) is 7.96. The maximum Gasteiger partial charge on any atom is 0.282 e. The largest absolute Gasteiger partial charge is 0.329 e. The molecule has 20 heavy (non-hydrogen) atoms. The third kappa shape index (κ3) is 3.53. The van der Waals surface area contributed by atoms with Crippen molar-refractivity contribution in [2.45, 2.75) is 64.8 Å². The predicted molar refractivity (Wildman–Crippen MR) is 83.7 cm³/mol. The molecule has 0 aliphatic carbocycles. The molecule has 1 saturated heterocycles. The van der Waals surface area contributed by atoms with E-state index in [0.717, 1.165) is 38.5 Å². The summed E-state index contributed by atoms with van der Waals surface area (Å²) in [6.45, 7) is 8.11. The molecular weight excluding hydrogens is 274 g/mol. The maximum atomic E-state index is 13.0. The Kier molecular flexibility index (Phi) is 6.91. The van der Waals surface area contributed by atoms with Gasteiger partial charge in [0.15, 0.2) is 0 Å². The normalized spacial score (nSPS) is 19.2. The van der Waals surface area contributed by atoms with Crippen molar-refractivity contribution in [2.24, 2.45) is 5.73 Å². The van der Waals surface area contributed by atoms with Crippen molar-refractivity contribution in [2.75, 3.05) is 26.2 Å². The van der Waals surface area contributed by atoms with Crippen LogP contribution in [0.15, 0.2) is 0 Å². The second-order valence-corrected chi connectivity index (χ2v) is 7.47. The van der Waals surface area contributed by atoms with E-state index in [-0.39, 0.29) is 0 Å². The van der Waals surface area contributed by atoms with Crippen LogP contribution in [0.2, 0.25) is 0 Å². The van der Waals surface area contributed by atoms with E-state index in [1.807, 2.05) is 20.8 Å². The first-order chi connectivity index (χ1) is 9.48. The van der Waals surface area contributed by atoms with Gasteiger partial charge in [-0.05, 0) is 25.7 Å². The Balaban J connectivity index is 3.07. The standard InChI is InChI=1S/C14H31N3O2S/c1-4-14(5-2,13-15)17(6-3)20(18,19)16-11-9-7-8-10-12-16/h4-13,15H2,1-3H3. The molecule has 0 radical (unpaired) electrons. The van der Waals surface area contributed by atoms with Gasteiger partial charge in [0.05, 0.1) is 0 Å². The van der Waals surface area contributed by atoms with E-state index in [2.05, 4.69) is 0 Å². The lowest BCUT2D eigenvalue weighted by Gasteiger charge is -2.42. The number of hydrogen-bond donors (Lipinski definition) is 1. The summed E-state index contributed by atoms with van der Waals surface area (Å²) in [4.78, 5) is 0. The zero-order chi connectivity index (χ0) is 15.2. The number of nitrogens with zero attached hydrogens (tertiary/aromatic N) is 2. The smallest absolute Gasteiger partial charge is 0.282 e. The van der Waals surface area contributed by atoms with Gasteiger partial charge in [-0.15, -0.1) is 0 Å². The lowest BCUT2D eigenvalue weighted by Crippen LogP contribution is -2.59. The third-order valence-electron chi connectivity index (χ3n) is 4.68. The van der Waals surface area contributed by atoms with Crippen LogP contribution in [-0.4, -0.2) is 48.7 Å². The van der Waals surface area contributed by atoms with Gasteiger partial charge < -0.3 is 5.73 Å². The number of nitrogens with two attached hydrogens (primary N) is 1. The van der Waals surface area contributed by atoms with Crippen LogP contribution in [0.1, 0.15) is 59.3 Å². The quantitative estimate of drug-likeness (QED) is 0.781. The Labute approximate surface area is 124 Å². The summed E-state index contributed by atoms with van der Waals surface area (Å²) in [6.07, 6.45) is 5.68. The minimum atomic E-state index is -3.40. The highest BCUT2D eigenvalue weighted by molar-refractivity contribution is 7.86. The highest BCUT2D eigenvalue weighted by atomic mass is 32.2. The van der Waals surface area contributed by atoms with E-state index in [0.29, 0.717) is 26.2 Å². The Morgan fingerprint density at radius 3 is 1.90 bits per heavy atom. The van der Waals surface area contributed by atoms with E-state index in [1.54, 1.807) is 8.61 Å². The summed E-state index contributed by atoms with van der Waals surface area (Å²) in [7, 11) is -3.40. The molecule has 120 valence electrons. The molecule has 0 amide bonds. The fourth-order valence-electron chi connectivity index (χ4n) is 3.15. The van der Waals surface area contributed by atoms with Crippen molar-refractivity contribution in [3.8, 4) is 0 Å². The first-order valence-corrected chi connectivity index (χ1v) is 9.36. The molecule has 1 fully saturated rings. The summed E-state index contributed by atoms with van der Waals surface area (Å²) in [5, 5.41) is 0. The van der Waals surface area contributed by atoms with E-state index in [9.17, 15) is 8.42 Å². The molecule has 2 N–H and O–H groups in total. The van der Waals surface area contributed by atoms with Gasteiger partial charge in [0.2, 0.25) is 0 Å². The monoisotopic (exact) mass is 305 g/mol. The molecule has 0 aromatic rings. The van der Waals surface area contributed by atoms with Gasteiger partial charge >= 0.3 is 0 Å². The second-order valence-electron chi connectivity index (χ2n) is 5.62. The summed E-state index contributed by atoms with van der Waals surface area (Å²) in [5.41, 5.74) is 5.49. The van der Waals surface area contributed by atoms with Gasteiger partial charge in [-0.2, -0.15) is 17.0 Å². The molecular formula is C14H31N3O2S. The van der Waals surface area contributed by atoms with Crippen LogP contribution in [-0.2, 0) is 10.2 Å². The van der Waals surface area contributed by atoms with Gasteiger partial charge in [0.1, 0.15) is 0 Å². The van der Waals surface area contributed by atoms with Crippen LogP contribution >= 0.6 is 0 Å². The van der Waals surface area contributed by atoms with Crippen LogP contribution < -0.4 is 5.73 Å². The molecule has 1 heterocycles. The predicted octanol–water partition coefficient (Wildman–Crippen LogP) is 1.95. The molecule has 6 heteroatoms. The van der Waals surface area contributed by atoms with Crippen LogP contribution in [0.3, 0.4) is 0 Å². The SMILES string of the molecule is CCN(C(CC)(CC)CN)S(=O)(=O)N1CCCCCC1. The second kappa shape index (κ2) is 7.73. The Hall–Kier alpha value is -0.170. The van der Waals surface area contributed by atoms with Crippen LogP contribution in [0.25, 0.3) is 0 Å². The Morgan fingerprint density at radius 1 is 1.05 bits per heavy atom. The molecule has 0 bridgehead atoms. The van der Waals surface area contributed by atoms with Crippen molar-refractivity contribution in [1.82, 2.24) is 8.61 Å². The highest BCUT2D eigenvalue weighted by Gasteiger charge is 2.41. The van der Waals surface area contributed by atoms with Gasteiger partial charge in [-0.1, -0.05) is 33.6 Å². The fraction of sp³-hybridized carbons (Fsp3) is 1.00. The molecule has 0 spiro atoms. The van der Waals surface area contributed by atoms with Gasteiger partial charge in [-0.3, -0.25) is 0 Å². The van der Waals surface area contributed by atoms with Crippen LogP contribution in [0, 0.1) is 0 Å². The minimum Gasteiger partial charge on any atom is -0.329 e. The maximum absolute atomic E-state index is 13.0.